The summed E-state index contributed by atoms with van der Waals surface area (Å²) in [5.41, 5.74) is 1.35. The Kier molecular flexibility index (Phi) is 8.45. The highest BCUT2D eigenvalue weighted by molar-refractivity contribution is 7.21. The van der Waals surface area contributed by atoms with Gasteiger partial charge in [0.2, 0.25) is 5.91 Å². The van der Waals surface area contributed by atoms with Gasteiger partial charge in [-0.15, -0.1) is 12.4 Å². The fourth-order valence-electron chi connectivity index (χ4n) is 4.16. The highest BCUT2D eigenvalue weighted by atomic mass is 35.5. The van der Waals surface area contributed by atoms with E-state index in [0.717, 1.165) is 37.3 Å². The molecule has 2 aromatic heterocycles. The number of amides is 1. The van der Waals surface area contributed by atoms with E-state index in [4.69, 9.17) is 4.98 Å². The van der Waals surface area contributed by atoms with Crippen LogP contribution < -0.4 is 21.1 Å². The molecular formula is C23H31ClN6O2S. The van der Waals surface area contributed by atoms with Crippen molar-refractivity contribution in [3.8, 4) is 0 Å². The molecular weight excluding hydrogens is 460 g/mol. The predicted octanol–water partition coefficient (Wildman–Crippen LogP) is 2.90. The number of likely N-dealkylation sites (N-methyl/N-ethyl adjacent to an activating group) is 1. The van der Waals surface area contributed by atoms with Gasteiger partial charge in [-0.2, -0.15) is 0 Å². The van der Waals surface area contributed by atoms with Crippen LogP contribution in [0.5, 0.6) is 0 Å². The fraction of sp³-hybridized carbons (Fsp3) is 0.478. The van der Waals surface area contributed by atoms with Gasteiger partial charge < -0.3 is 15.5 Å². The molecule has 1 atom stereocenters. The Morgan fingerprint density at radius 3 is 2.70 bits per heavy atom. The molecule has 10 heteroatoms. The van der Waals surface area contributed by atoms with Gasteiger partial charge in [0.1, 0.15) is 11.9 Å². The molecule has 3 aromatic rings. The predicted molar refractivity (Wildman–Crippen MR) is 136 cm³/mol. The number of fused-ring (bicyclic) bond motifs is 1. The van der Waals surface area contributed by atoms with Crippen molar-refractivity contribution >= 4 is 45.1 Å². The highest BCUT2D eigenvalue weighted by Crippen LogP contribution is 2.32. The first kappa shape index (κ1) is 25.1. The summed E-state index contributed by atoms with van der Waals surface area (Å²) in [6, 6.07) is 9.60. The summed E-state index contributed by atoms with van der Waals surface area (Å²) >= 11 is 1.40. The second kappa shape index (κ2) is 11.1. The maximum atomic E-state index is 13.2. The van der Waals surface area contributed by atoms with Crippen molar-refractivity contribution in [3.05, 3.63) is 52.1 Å². The number of aromatic nitrogens is 3. The zero-order valence-electron chi connectivity index (χ0n) is 19.2. The zero-order chi connectivity index (χ0) is 22.7. The normalized spacial score (nSPS) is 15.8. The van der Waals surface area contributed by atoms with Gasteiger partial charge in [-0.1, -0.05) is 41.7 Å². The summed E-state index contributed by atoms with van der Waals surface area (Å²) < 4.78 is 1.73. The lowest BCUT2D eigenvalue weighted by atomic mass is 10.2. The van der Waals surface area contributed by atoms with E-state index in [0.29, 0.717) is 28.4 Å². The SMILES string of the molecule is CNCCc1nc2sc(N3CCC[C@@H]3C(=O)NCc3ccccc3)nc2c(=O)n1C(C)C.Cl. The number of nitrogens with one attached hydrogen (secondary N) is 2. The summed E-state index contributed by atoms with van der Waals surface area (Å²) in [5.74, 6) is 0.758. The van der Waals surface area contributed by atoms with Gasteiger partial charge in [0.25, 0.3) is 5.56 Å². The summed E-state index contributed by atoms with van der Waals surface area (Å²) in [4.78, 5) is 38.3. The molecule has 1 aliphatic heterocycles. The molecule has 0 saturated carbocycles. The van der Waals surface area contributed by atoms with Crippen LogP contribution in [-0.2, 0) is 17.8 Å². The number of carbonyl (C=O) groups is 1. The third-order valence-electron chi connectivity index (χ3n) is 5.75. The van der Waals surface area contributed by atoms with Crippen molar-refractivity contribution in [2.24, 2.45) is 0 Å². The summed E-state index contributed by atoms with van der Waals surface area (Å²) in [5, 5.41) is 6.87. The Bertz CT molecular complexity index is 1150. The summed E-state index contributed by atoms with van der Waals surface area (Å²) in [6.45, 7) is 5.96. The minimum Gasteiger partial charge on any atom is -0.350 e. The van der Waals surface area contributed by atoms with Crippen molar-refractivity contribution in [2.45, 2.75) is 51.7 Å². The van der Waals surface area contributed by atoms with E-state index < -0.39 is 0 Å². The van der Waals surface area contributed by atoms with E-state index in [9.17, 15) is 9.59 Å². The van der Waals surface area contributed by atoms with E-state index >= 15 is 0 Å². The van der Waals surface area contributed by atoms with Crippen molar-refractivity contribution in [1.29, 1.82) is 0 Å². The molecule has 0 spiro atoms. The monoisotopic (exact) mass is 490 g/mol. The topological polar surface area (TPSA) is 92.2 Å². The van der Waals surface area contributed by atoms with E-state index in [1.165, 1.54) is 11.3 Å². The molecule has 1 fully saturated rings. The van der Waals surface area contributed by atoms with Crippen LogP contribution in [0.1, 0.15) is 44.1 Å². The number of thiazole rings is 1. The molecule has 2 N–H and O–H groups in total. The van der Waals surface area contributed by atoms with Crippen LogP contribution >= 0.6 is 23.7 Å². The molecule has 1 saturated heterocycles. The maximum Gasteiger partial charge on any atom is 0.281 e. The summed E-state index contributed by atoms with van der Waals surface area (Å²) in [6.07, 6.45) is 2.35. The lowest BCUT2D eigenvalue weighted by Crippen LogP contribution is -2.43. The molecule has 3 heterocycles. The molecule has 8 nitrogen and oxygen atoms in total. The third kappa shape index (κ3) is 5.37. The van der Waals surface area contributed by atoms with Gasteiger partial charge in [-0.25, -0.2) is 9.97 Å². The van der Waals surface area contributed by atoms with E-state index in [1.807, 2.05) is 56.1 Å². The second-order valence-electron chi connectivity index (χ2n) is 8.36. The Hall–Kier alpha value is -2.49. The first-order valence-electron chi connectivity index (χ1n) is 11.1. The Balaban J connectivity index is 0.00000306. The highest BCUT2D eigenvalue weighted by Gasteiger charge is 2.33. The Labute approximate surface area is 203 Å². The molecule has 0 bridgehead atoms. The maximum absolute atomic E-state index is 13.2. The molecule has 0 aliphatic carbocycles. The van der Waals surface area contributed by atoms with Gasteiger partial charge in [0, 0.05) is 32.1 Å². The van der Waals surface area contributed by atoms with Gasteiger partial charge in [-0.3, -0.25) is 14.2 Å². The summed E-state index contributed by atoms with van der Waals surface area (Å²) in [7, 11) is 1.89. The number of anilines is 1. The van der Waals surface area contributed by atoms with Crippen molar-refractivity contribution in [2.75, 3.05) is 25.0 Å². The minimum atomic E-state index is -0.282. The number of benzene rings is 1. The minimum absolute atomic E-state index is 0. The van der Waals surface area contributed by atoms with Gasteiger partial charge in [0.15, 0.2) is 15.5 Å². The largest absolute Gasteiger partial charge is 0.350 e. The first-order valence-corrected chi connectivity index (χ1v) is 12.0. The number of halogens is 1. The van der Waals surface area contributed by atoms with Crippen LogP contribution in [0.4, 0.5) is 5.13 Å². The molecule has 178 valence electrons. The number of rotatable bonds is 8. The molecule has 1 aromatic carbocycles. The molecule has 1 amide bonds. The second-order valence-corrected chi connectivity index (χ2v) is 9.31. The van der Waals surface area contributed by atoms with Crippen molar-refractivity contribution < 1.29 is 4.79 Å². The number of hydrogen-bond acceptors (Lipinski definition) is 7. The lowest BCUT2D eigenvalue weighted by Gasteiger charge is -2.23. The molecule has 0 radical (unpaired) electrons. The number of nitrogens with zero attached hydrogens (tertiary/aromatic N) is 4. The fourth-order valence-corrected chi connectivity index (χ4v) is 5.18. The molecule has 0 unspecified atom stereocenters. The van der Waals surface area contributed by atoms with Crippen LogP contribution in [0.3, 0.4) is 0 Å². The van der Waals surface area contributed by atoms with Crippen LogP contribution in [0.15, 0.2) is 35.1 Å². The van der Waals surface area contributed by atoms with Crippen molar-refractivity contribution in [1.82, 2.24) is 25.2 Å². The van der Waals surface area contributed by atoms with Crippen LogP contribution in [0.25, 0.3) is 10.3 Å². The molecule has 33 heavy (non-hydrogen) atoms. The molecule has 1 aliphatic rings. The van der Waals surface area contributed by atoms with E-state index in [1.54, 1.807) is 4.57 Å². The van der Waals surface area contributed by atoms with Crippen molar-refractivity contribution in [3.63, 3.8) is 0 Å². The Morgan fingerprint density at radius 2 is 2.00 bits per heavy atom. The van der Waals surface area contributed by atoms with Crippen LogP contribution in [-0.4, -0.2) is 46.6 Å². The van der Waals surface area contributed by atoms with Crippen LogP contribution in [0, 0.1) is 0 Å². The quantitative estimate of drug-likeness (QED) is 0.504. The smallest absolute Gasteiger partial charge is 0.281 e. The Morgan fingerprint density at radius 1 is 1.24 bits per heavy atom. The zero-order valence-corrected chi connectivity index (χ0v) is 20.8. The van der Waals surface area contributed by atoms with Crippen LogP contribution in [0.2, 0.25) is 0 Å². The first-order chi connectivity index (χ1) is 15.5. The van der Waals surface area contributed by atoms with Gasteiger partial charge in [-0.05, 0) is 39.3 Å². The standard InChI is InChI=1S/C23H30N6O2S.ClH/c1-15(2)29-18(11-12-24-3)26-21-19(22(29)31)27-23(32-21)28-13-7-10-17(28)20(30)25-14-16-8-5-4-6-9-16;/h4-6,8-9,15,17,24H,7,10-14H2,1-3H3,(H,25,30);1H/t17-;/m1./s1. The average molecular weight is 491 g/mol. The molecule has 4 rings (SSSR count). The lowest BCUT2D eigenvalue weighted by molar-refractivity contribution is -0.122. The van der Waals surface area contributed by atoms with E-state index in [-0.39, 0.29) is 36.0 Å². The van der Waals surface area contributed by atoms with Gasteiger partial charge in [0.05, 0.1) is 0 Å². The third-order valence-corrected chi connectivity index (χ3v) is 6.74. The number of carbonyl (C=O) groups excluding carboxylic acids is 1. The average Bonchev–Trinajstić information content (AvgIpc) is 3.43. The number of hydrogen-bond donors (Lipinski definition) is 2. The van der Waals surface area contributed by atoms with E-state index in [2.05, 4.69) is 15.6 Å². The van der Waals surface area contributed by atoms with Gasteiger partial charge >= 0.3 is 0 Å².